The monoisotopic (exact) mass is 592 g/mol. The molecule has 3 aromatic carbocycles. The summed E-state index contributed by atoms with van der Waals surface area (Å²) in [4.78, 5) is 15.7. The van der Waals surface area contributed by atoms with Gasteiger partial charge in [-0.05, 0) is 72.5 Å². The number of hydrogen-bond acceptors (Lipinski definition) is 7. The summed E-state index contributed by atoms with van der Waals surface area (Å²) < 4.78 is 30.0. The number of carbonyl (C=O) groups is 1. The van der Waals surface area contributed by atoms with Gasteiger partial charge >= 0.3 is 29.6 Å². The second-order valence-corrected chi connectivity index (χ2v) is 12.0. The minimum atomic E-state index is -3.86. The van der Waals surface area contributed by atoms with Crippen molar-refractivity contribution in [1.82, 2.24) is 4.98 Å². The van der Waals surface area contributed by atoms with Crippen molar-refractivity contribution in [3.63, 3.8) is 0 Å². The molecule has 0 bridgehead atoms. The Morgan fingerprint density at radius 1 is 1.05 bits per heavy atom. The Bertz CT molecular complexity index is 1550. The van der Waals surface area contributed by atoms with Crippen molar-refractivity contribution >= 4 is 50.3 Å². The predicted molar refractivity (Wildman–Crippen MR) is 148 cm³/mol. The van der Waals surface area contributed by atoms with E-state index in [1.165, 1.54) is 17.8 Å². The van der Waals surface area contributed by atoms with Gasteiger partial charge in [0.15, 0.2) is 0 Å². The maximum Gasteiger partial charge on any atom is 1.00 e. The maximum absolute atomic E-state index is 12.0. The van der Waals surface area contributed by atoms with Crippen molar-refractivity contribution in [2.75, 3.05) is 5.75 Å². The number of aryl methyl sites for hydroxylation is 1. The van der Waals surface area contributed by atoms with E-state index < -0.39 is 16.0 Å². The van der Waals surface area contributed by atoms with Crippen LogP contribution in [0.4, 0.5) is 0 Å². The molecule has 4 rings (SSSR count). The molecule has 0 aliphatic rings. The Balaban J connectivity index is 0.00000420. The van der Waals surface area contributed by atoms with Crippen molar-refractivity contribution < 1.29 is 52.6 Å². The standard InChI is InChI=1S/C28H27ClN2O5S2.Na/c29-22-11-8-19-9-12-23(31-25(19)17-22)18-36-24-6-3-5-21(16-24)26(37-15-14-28(32)33)13-10-20-4-1-2-7-27(20)38(30,34)35;/h1-9,11-12,16-17,26H,10,13-15,18H2,(H,32,33)(H2,30,34,35);/q;+1/p-1. The molecule has 198 valence electrons. The number of sulfonamides is 1. The third-order valence-corrected chi connectivity index (χ3v) is 8.51. The second-order valence-electron chi connectivity index (χ2n) is 8.67. The number of pyridine rings is 1. The molecule has 0 saturated heterocycles. The van der Waals surface area contributed by atoms with E-state index in [4.69, 9.17) is 21.5 Å². The zero-order valence-corrected chi connectivity index (χ0v) is 25.8. The van der Waals surface area contributed by atoms with E-state index in [1.54, 1.807) is 18.2 Å². The van der Waals surface area contributed by atoms with E-state index in [2.05, 4.69) is 4.98 Å². The molecule has 39 heavy (non-hydrogen) atoms. The van der Waals surface area contributed by atoms with Crippen LogP contribution in [0.2, 0.25) is 5.02 Å². The molecule has 1 aromatic heterocycles. The summed E-state index contributed by atoms with van der Waals surface area (Å²) in [5.41, 5.74) is 3.11. The number of carboxylic acids is 1. The number of halogens is 1. The van der Waals surface area contributed by atoms with E-state index >= 15 is 0 Å². The zero-order chi connectivity index (χ0) is 27.1. The number of carboxylic acid groups (broad SMARTS) is 1. The summed E-state index contributed by atoms with van der Waals surface area (Å²) in [7, 11) is -3.86. The summed E-state index contributed by atoms with van der Waals surface area (Å²) in [6, 6.07) is 23.6. The smallest absolute Gasteiger partial charge is 0.550 e. The number of benzene rings is 3. The van der Waals surface area contributed by atoms with Crippen molar-refractivity contribution in [2.24, 2.45) is 5.14 Å². The molecule has 2 N–H and O–H groups in total. The molecule has 0 saturated carbocycles. The van der Waals surface area contributed by atoms with Crippen LogP contribution >= 0.6 is 23.4 Å². The van der Waals surface area contributed by atoms with Crippen LogP contribution in [0.5, 0.6) is 5.75 Å². The van der Waals surface area contributed by atoms with Crippen LogP contribution < -0.4 is 44.5 Å². The summed E-state index contributed by atoms with van der Waals surface area (Å²) in [5, 5.41) is 17.9. The van der Waals surface area contributed by atoms with Gasteiger partial charge in [-0.3, -0.25) is 0 Å². The van der Waals surface area contributed by atoms with Crippen LogP contribution in [0, 0.1) is 0 Å². The van der Waals surface area contributed by atoms with E-state index in [1.807, 2.05) is 54.6 Å². The van der Waals surface area contributed by atoms with Crippen LogP contribution in [-0.4, -0.2) is 25.1 Å². The Kier molecular flexibility index (Phi) is 11.7. The van der Waals surface area contributed by atoms with Crippen LogP contribution in [-0.2, 0) is 27.8 Å². The van der Waals surface area contributed by atoms with Crippen molar-refractivity contribution in [3.8, 4) is 5.75 Å². The second kappa shape index (κ2) is 14.5. The van der Waals surface area contributed by atoms with Gasteiger partial charge in [0.25, 0.3) is 0 Å². The molecule has 1 heterocycles. The number of aromatic nitrogens is 1. The van der Waals surface area contributed by atoms with Gasteiger partial charge in [-0.1, -0.05) is 54.1 Å². The molecular formula is C28H26ClN2NaO5S2. The van der Waals surface area contributed by atoms with Crippen LogP contribution in [0.15, 0.2) is 83.8 Å². The van der Waals surface area contributed by atoms with Crippen molar-refractivity contribution in [2.45, 2.75) is 36.0 Å². The minimum absolute atomic E-state index is 0. The first-order valence-electron chi connectivity index (χ1n) is 11.9. The number of nitrogens with zero attached hydrogens (tertiary/aromatic N) is 1. The average Bonchev–Trinajstić information content (AvgIpc) is 2.88. The van der Waals surface area contributed by atoms with E-state index in [0.29, 0.717) is 34.9 Å². The molecule has 0 amide bonds. The van der Waals surface area contributed by atoms with Gasteiger partial charge in [0.2, 0.25) is 10.0 Å². The zero-order valence-electron chi connectivity index (χ0n) is 21.4. The number of fused-ring (bicyclic) bond motifs is 1. The molecule has 0 aliphatic carbocycles. The van der Waals surface area contributed by atoms with Crippen molar-refractivity contribution in [3.05, 3.63) is 101 Å². The van der Waals surface area contributed by atoms with E-state index in [9.17, 15) is 18.3 Å². The molecule has 0 spiro atoms. The van der Waals surface area contributed by atoms with Gasteiger partial charge < -0.3 is 14.6 Å². The Labute approximate surface area is 259 Å². The molecule has 4 aromatic rings. The van der Waals surface area contributed by atoms with Crippen molar-refractivity contribution in [1.29, 1.82) is 0 Å². The number of ether oxygens (including phenoxy) is 1. The molecule has 0 aliphatic heterocycles. The van der Waals surface area contributed by atoms with Crippen LogP contribution in [0.3, 0.4) is 0 Å². The number of primary sulfonamides is 1. The summed E-state index contributed by atoms with van der Waals surface area (Å²) in [6.45, 7) is 0.260. The van der Waals surface area contributed by atoms with Gasteiger partial charge in [0, 0.05) is 21.6 Å². The first kappa shape index (κ1) is 31.4. The Morgan fingerprint density at radius 3 is 2.59 bits per heavy atom. The SMILES string of the molecule is NS(=O)(=O)c1ccccc1CCC(SCCC(=O)[O-])c1cccc(OCc2ccc3ccc(Cl)cc3n2)c1.[Na+]. The summed E-state index contributed by atoms with van der Waals surface area (Å²) >= 11 is 7.57. The predicted octanol–water partition coefficient (Wildman–Crippen LogP) is 1.67. The molecular weight excluding hydrogens is 567 g/mol. The fourth-order valence-corrected chi connectivity index (χ4v) is 6.24. The Hall–Kier alpha value is -2.11. The number of hydrogen-bond donors (Lipinski definition) is 1. The largest absolute Gasteiger partial charge is 1.00 e. The number of rotatable bonds is 12. The van der Waals surface area contributed by atoms with E-state index in [-0.39, 0.29) is 52.7 Å². The van der Waals surface area contributed by atoms with Gasteiger partial charge in [-0.25, -0.2) is 18.5 Å². The van der Waals surface area contributed by atoms with Gasteiger partial charge in [-0.15, -0.1) is 0 Å². The fourth-order valence-electron chi connectivity index (χ4n) is 4.08. The first-order chi connectivity index (χ1) is 18.2. The molecule has 0 fully saturated rings. The summed E-state index contributed by atoms with van der Waals surface area (Å²) in [6.07, 6.45) is 0.938. The van der Waals surface area contributed by atoms with Crippen LogP contribution in [0.25, 0.3) is 10.9 Å². The molecule has 11 heteroatoms. The van der Waals surface area contributed by atoms with Gasteiger partial charge in [0.1, 0.15) is 12.4 Å². The molecule has 1 atom stereocenters. The number of carbonyl (C=O) groups excluding carboxylic acids is 1. The quantitative estimate of drug-likeness (QED) is 0.248. The summed E-state index contributed by atoms with van der Waals surface area (Å²) in [5.74, 6) is -0.110. The number of aliphatic carboxylic acids is 1. The topological polar surface area (TPSA) is 122 Å². The molecule has 0 radical (unpaired) electrons. The van der Waals surface area contributed by atoms with Crippen LogP contribution in [0.1, 0.15) is 34.9 Å². The first-order valence-corrected chi connectivity index (χ1v) is 14.9. The molecule has 7 nitrogen and oxygen atoms in total. The third-order valence-electron chi connectivity index (χ3n) is 5.91. The number of nitrogens with two attached hydrogens (primary N) is 1. The van der Waals surface area contributed by atoms with Gasteiger partial charge in [-0.2, -0.15) is 11.8 Å². The fraction of sp³-hybridized carbons (Fsp3) is 0.214. The molecule has 1 unspecified atom stereocenters. The normalized spacial score (nSPS) is 12.1. The third kappa shape index (κ3) is 9.21. The minimum Gasteiger partial charge on any atom is -0.550 e. The Morgan fingerprint density at radius 2 is 1.82 bits per heavy atom. The van der Waals surface area contributed by atoms with E-state index in [0.717, 1.165) is 22.2 Å². The maximum atomic E-state index is 12.0. The van der Waals surface area contributed by atoms with Gasteiger partial charge in [0.05, 0.1) is 16.1 Å². The average molecular weight is 593 g/mol. The number of thioether (sulfide) groups is 1.